The fraction of sp³-hybridized carbons (Fsp3) is 0.250. The zero-order valence-electron chi connectivity index (χ0n) is 15.4. The zero-order valence-corrected chi connectivity index (χ0v) is 16.2. The molecule has 140 valence electrons. The molecule has 0 saturated carbocycles. The molecule has 0 fully saturated rings. The second kappa shape index (κ2) is 8.73. The number of hydrogen-bond donors (Lipinski definition) is 0. The number of Topliss-reactive ketones (excluding diaryl/α,β-unsaturated/α-hetero) is 1. The van der Waals surface area contributed by atoms with Gasteiger partial charge in [-0.1, -0.05) is 23.9 Å². The molecule has 0 atom stereocenters. The fourth-order valence-corrected chi connectivity index (χ4v) is 3.04. The average molecular weight is 384 g/mol. The number of aromatic nitrogens is 2. The molecule has 0 N–H and O–H groups in total. The highest BCUT2D eigenvalue weighted by atomic mass is 32.2. The number of benzene rings is 2. The molecule has 0 spiro atoms. The van der Waals surface area contributed by atoms with Crippen molar-refractivity contribution < 1.29 is 18.7 Å². The van der Waals surface area contributed by atoms with Gasteiger partial charge >= 0.3 is 0 Å². The summed E-state index contributed by atoms with van der Waals surface area (Å²) in [6.45, 7) is 4.22. The molecule has 0 radical (unpaired) electrons. The van der Waals surface area contributed by atoms with Gasteiger partial charge in [0.25, 0.3) is 11.1 Å². The van der Waals surface area contributed by atoms with E-state index in [1.165, 1.54) is 11.8 Å². The number of methoxy groups -OCH3 is 1. The average Bonchev–Trinajstić information content (AvgIpc) is 3.15. The quantitative estimate of drug-likeness (QED) is 0.424. The van der Waals surface area contributed by atoms with Crippen LogP contribution in [0.4, 0.5) is 0 Å². The second-order valence-corrected chi connectivity index (χ2v) is 6.82. The molecular weight excluding hydrogens is 364 g/mol. The van der Waals surface area contributed by atoms with Crippen LogP contribution in [0.1, 0.15) is 27.4 Å². The van der Waals surface area contributed by atoms with E-state index in [1.807, 2.05) is 32.0 Å². The van der Waals surface area contributed by atoms with E-state index < -0.39 is 0 Å². The van der Waals surface area contributed by atoms with Crippen LogP contribution in [0.15, 0.2) is 52.1 Å². The minimum Gasteiger partial charge on any atom is -0.497 e. The largest absolute Gasteiger partial charge is 0.497 e. The molecule has 0 amide bonds. The third kappa shape index (κ3) is 4.89. The molecule has 0 saturated heterocycles. The van der Waals surface area contributed by atoms with Gasteiger partial charge in [-0.05, 0) is 55.3 Å². The minimum atomic E-state index is -0.0194. The lowest BCUT2D eigenvalue weighted by Crippen LogP contribution is -2.02. The number of rotatable bonds is 8. The Balaban J connectivity index is 1.53. The van der Waals surface area contributed by atoms with Gasteiger partial charge in [-0.3, -0.25) is 4.79 Å². The Bertz CT molecular complexity index is 922. The lowest BCUT2D eigenvalue weighted by Gasteiger charge is -2.08. The molecule has 0 unspecified atom stereocenters. The van der Waals surface area contributed by atoms with Crippen molar-refractivity contribution in [2.24, 2.45) is 0 Å². The van der Waals surface area contributed by atoms with Gasteiger partial charge in [-0.15, -0.1) is 10.2 Å². The van der Waals surface area contributed by atoms with Crippen molar-refractivity contribution >= 4 is 17.5 Å². The SMILES string of the molecule is COc1ccc(C(=O)CSc2nnc(COc3cccc(C)c3C)o2)cc1. The summed E-state index contributed by atoms with van der Waals surface area (Å²) in [4.78, 5) is 12.2. The number of thioether (sulfide) groups is 1. The van der Waals surface area contributed by atoms with Crippen molar-refractivity contribution in [1.82, 2.24) is 10.2 Å². The van der Waals surface area contributed by atoms with Gasteiger partial charge in [0.2, 0.25) is 0 Å². The maximum atomic E-state index is 12.2. The molecule has 27 heavy (non-hydrogen) atoms. The van der Waals surface area contributed by atoms with E-state index in [0.717, 1.165) is 16.9 Å². The van der Waals surface area contributed by atoms with Gasteiger partial charge in [-0.2, -0.15) is 0 Å². The predicted octanol–water partition coefficient (Wildman–Crippen LogP) is 4.25. The number of carbonyl (C=O) groups is 1. The van der Waals surface area contributed by atoms with E-state index in [-0.39, 0.29) is 18.1 Å². The Morgan fingerprint density at radius 3 is 2.63 bits per heavy atom. The van der Waals surface area contributed by atoms with Crippen LogP contribution in [0, 0.1) is 13.8 Å². The number of aryl methyl sites for hydroxylation is 1. The molecule has 2 aromatic carbocycles. The number of ether oxygens (including phenoxy) is 2. The third-order valence-corrected chi connectivity index (χ3v) is 4.91. The van der Waals surface area contributed by atoms with Gasteiger partial charge < -0.3 is 13.9 Å². The lowest BCUT2D eigenvalue weighted by atomic mass is 10.1. The van der Waals surface area contributed by atoms with Crippen LogP contribution in [-0.2, 0) is 6.61 Å². The molecular formula is C20H20N2O4S. The van der Waals surface area contributed by atoms with Crippen molar-refractivity contribution in [3.8, 4) is 11.5 Å². The summed E-state index contributed by atoms with van der Waals surface area (Å²) >= 11 is 1.20. The van der Waals surface area contributed by atoms with Crippen molar-refractivity contribution in [1.29, 1.82) is 0 Å². The Hall–Kier alpha value is -2.80. The summed E-state index contributed by atoms with van der Waals surface area (Å²) in [6.07, 6.45) is 0. The number of carbonyl (C=O) groups excluding carboxylic acids is 1. The van der Waals surface area contributed by atoms with Gasteiger partial charge in [0.15, 0.2) is 12.4 Å². The first kappa shape index (κ1) is 19.0. The molecule has 3 aromatic rings. The summed E-state index contributed by atoms with van der Waals surface area (Å²) in [5.41, 5.74) is 2.85. The van der Waals surface area contributed by atoms with E-state index in [4.69, 9.17) is 13.9 Å². The molecule has 3 rings (SSSR count). The van der Waals surface area contributed by atoms with Crippen LogP contribution in [0.2, 0.25) is 0 Å². The van der Waals surface area contributed by atoms with Gasteiger partial charge in [0.1, 0.15) is 11.5 Å². The van der Waals surface area contributed by atoms with Gasteiger partial charge in [0, 0.05) is 5.56 Å². The van der Waals surface area contributed by atoms with Crippen LogP contribution in [0.5, 0.6) is 11.5 Å². The normalized spacial score (nSPS) is 10.6. The number of hydrogen-bond acceptors (Lipinski definition) is 7. The van der Waals surface area contributed by atoms with E-state index in [2.05, 4.69) is 10.2 Å². The Morgan fingerprint density at radius 1 is 1.11 bits per heavy atom. The summed E-state index contributed by atoms with van der Waals surface area (Å²) in [5.74, 6) is 2.07. The summed E-state index contributed by atoms with van der Waals surface area (Å²) in [7, 11) is 1.59. The maximum Gasteiger partial charge on any atom is 0.277 e. The first-order valence-corrected chi connectivity index (χ1v) is 9.37. The summed E-state index contributed by atoms with van der Waals surface area (Å²) in [6, 6.07) is 12.9. The monoisotopic (exact) mass is 384 g/mol. The standard InChI is InChI=1S/C20H20N2O4S/c1-13-5-4-6-18(14(13)2)25-11-19-21-22-20(26-19)27-12-17(23)15-7-9-16(24-3)10-8-15/h4-10H,11-12H2,1-3H3. The summed E-state index contributed by atoms with van der Waals surface area (Å²) in [5, 5.41) is 8.27. The van der Waals surface area contributed by atoms with Crippen LogP contribution in [-0.4, -0.2) is 28.8 Å². The van der Waals surface area contributed by atoms with Crippen LogP contribution in [0.25, 0.3) is 0 Å². The maximum absolute atomic E-state index is 12.2. The number of ketones is 1. The smallest absolute Gasteiger partial charge is 0.277 e. The Labute approximate surface area is 161 Å². The van der Waals surface area contributed by atoms with E-state index >= 15 is 0 Å². The summed E-state index contributed by atoms with van der Waals surface area (Å²) < 4.78 is 16.4. The first-order chi connectivity index (χ1) is 13.1. The zero-order chi connectivity index (χ0) is 19.2. The van der Waals surface area contributed by atoms with Crippen molar-refractivity contribution in [2.45, 2.75) is 25.7 Å². The van der Waals surface area contributed by atoms with E-state index in [9.17, 15) is 4.79 Å². The molecule has 1 heterocycles. The van der Waals surface area contributed by atoms with Crippen LogP contribution in [0.3, 0.4) is 0 Å². The van der Waals surface area contributed by atoms with Gasteiger partial charge in [0.05, 0.1) is 12.9 Å². The Morgan fingerprint density at radius 2 is 1.89 bits per heavy atom. The van der Waals surface area contributed by atoms with Crippen molar-refractivity contribution in [3.05, 3.63) is 65.0 Å². The van der Waals surface area contributed by atoms with Gasteiger partial charge in [-0.25, -0.2) is 0 Å². The molecule has 1 aromatic heterocycles. The van der Waals surface area contributed by atoms with E-state index in [1.54, 1.807) is 31.4 Å². The fourth-order valence-electron chi connectivity index (χ4n) is 2.36. The minimum absolute atomic E-state index is 0.0194. The number of nitrogens with zero attached hydrogens (tertiary/aromatic N) is 2. The molecule has 0 bridgehead atoms. The molecule has 7 heteroatoms. The third-order valence-electron chi connectivity index (χ3n) is 4.09. The molecule has 0 aliphatic rings. The van der Waals surface area contributed by atoms with E-state index in [0.29, 0.717) is 22.4 Å². The first-order valence-electron chi connectivity index (χ1n) is 8.38. The second-order valence-electron chi connectivity index (χ2n) is 5.89. The van der Waals surface area contributed by atoms with Crippen molar-refractivity contribution in [2.75, 3.05) is 12.9 Å². The van der Waals surface area contributed by atoms with Crippen LogP contribution < -0.4 is 9.47 Å². The topological polar surface area (TPSA) is 74.5 Å². The molecule has 6 nitrogen and oxygen atoms in total. The highest BCUT2D eigenvalue weighted by Gasteiger charge is 2.12. The predicted molar refractivity (Wildman–Crippen MR) is 103 cm³/mol. The lowest BCUT2D eigenvalue weighted by molar-refractivity contribution is 0.102. The molecule has 0 aliphatic heterocycles. The van der Waals surface area contributed by atoms with Crippen molar-refractivity contribution in [3.63, 3.8) is 0 Å². The Kier molecular flexibility index (Phi) is 6.13. The highest BCUT2D eigenvalue weighted by molar-refractivity contribution is 7.99. The van der Waals surface area contributed by atoms with Crippen LogP contribution >= 0.6 is 11.8 Å². The highest BCUT2D eigenvalue weighted by Crippen LogP contribution is 2.23. The molecule has 0 aliphatic carbocycles.